The van der Waals surface area contributed by atoms with Crippen LogP contribution in [0.15, 0.2) is 48.5 Å². The first-order valence-corrected chi connectivity index (χ1v) is 11.6. The van der Waals surface area contributed by atoms with Gasteiger partial charge in [-0.05, 0) is 51.9 Å². The molecule has 172 valence electrons. The van der Waals surface area contributed by atoms with Gasteiger partial charge in [0.2, 0.25) is 0 Å². The van der Waals surface area contributed by atoms with Gasteiger partial charge in [0.25, 0.3) is 0 Å². The number of rotatable bonds is 8. The van der Waals surface area contributed by atoms with Crippen LogP contribution in [0, 0.1) is 5.92 Å². The minimum Gasteiger partial charge on any atom is -0.245 e. The van der Waals surface area contributed by atoms with Gasteiger partial charge in [0.05, 0.1) is 6.54 Å². The molecule has 0 fully saturated rings. The van der Waals surface area contributed by atoms with Gasteiger partial charge < -0.3 is 0 Å². The third-order valence-corrected chi connectivity index (χ3v) is 5.64. The normalized spacial score (nSPS) is 11.9. The average molecular weight is 444 g/mol. The lowest BCUT2D eigenvalue weighted by atomic mass is 9.95. The highest BCUT2D eigenvalue weighted by Gasteiger charge is 2.23. The van der Waals surface area contributed by atoms with Crippen LogP contribution >= 0.6 is 0 Å². The van der Waals surface area contributed by atoms with Gasteiger partial charge >= 0.3 is 0 Å². The van der Waals surface area contributed by atoms with Gasteiger partial charge in [-0.25, -0.2) is 14.8 Å². The molecule has 0 saturated heterocycles. The summed E-state index contributed by atoms with van der Waals surface area (Å²) in [5.41, 5.74) is 4.65. The van der Waals surface area contributed by atoms with E-state index in [4.69, 9.17) is 10.1 Å². The van der Waals surface area contributed by atoms with Crippen molar-refractivity contribution in [3.05, 3.63) is 76.9 Å². The lowest BCUT2D eigenvalue weighted by Crippen LogP contribution is -2.20. The molecule has 0 atom stereocenters. The summed E-state index contributed by atoms with van der Waals surface area (Å²) in [6.45, 7) is 11.8. The Morgan fingerprint density at radius 3 is 2.39 bits per heavy atom. The van der Waals surface area contributed by atoms with Crippen molar-refractivity contribution in [1.29, 1.82) is 0 Å². The molecule has 4 rings (SSSR count). The molecule has 33 heavy (non-hydrogen) atoms. The molecule has 0 aliphatic heterocycles. The Morgan fingerprint density at radius 1 is 0.970 bits per heavy atom. The van der Waals surface area contributed by atoms with E-state index < -0.39 is 0 Å². The lowest BCUT2D eigenvalue weighted by molar-refractivity contribution is 0.490. The highest BCUT2D eigenvalue weighted by Crippen LogP contribution is 2.23. The minimum atomic E-state index is -0.0485. The monoisotopic (exact) mass is 443 g/mol. The fourth-order valence-electron chi connectivity index (χ4n) is 3.86. The molecule has 2 aromatic carbocycles. The molecule has 4 aromatic rings. The molecule has 1 N–H and O–H groups in total. The van der Waals surface area contributed by atoms with Gasteiger partial charge in [0.1, 0.15) is 5.82 Å². The molecule has 0 aliphatic carbocycles. The number of nitrogens with one attached hydrogen (secondary N) is 1. The zero-order chi connectivity index (χ0) is 23.4. The summed E-state index contributed by atoms with van der Waals surface area (Å²) < 4.78 is 2.08. The van der Waals surface area contributed by atoms with Crippen molar-refractivity contribution in [2.24, 2.45) is 5.92 Å². The second-order valence-corrected chi connectivity index (χ2v) is 10.1. The maximum Gasteiger partial charge on any atom is 0.179 e. The van der Waals surface area contributed by atoms with Crippen LogP contribution < -0.4 is 0 Å². The van der Waals surface area contributed by atoms with E-state index in [1.807, 2.05) is 12.1 Å². The number of H-pyrrole nitrogens is 1. The van der Waals surface area contributed by atoms with E-state index in [2.05, 4.69) is 96.3 Å². The smallest absolute Gasteiger partial charge is 0.179 e. The van der Waals surface area contributed by atoms with E-state index in [0.29, 0.717) is 11.7 Å². The Bertz CT molecular complexity index is 1170. The molecule has 7 nitrogen and oxygen atoms in total. The molecule has 2 aromatic heterocycles. The number of nitrogens with zero attached hydrogens (tertiary/aromatic N) is 6. The van der Waals surface area contributed by atoms with Crippen molar-refractivity contribution in [1.82, 2.24) is 35.4 Å². The Hall–Kier alpha value is -3.35. The van der Waals surface area contributed by atoms with Crippen molar-refractivity contribution in [2.75, 3.05) is 0 Å². The van der Waals surface area contributed by atoms with E-state index >= 15 is 0 Å². The maximum atomic E-state index is 4.89. The molecule has 7 heteroatoms. The second kappa shape index (κ2) is 9.65. The summed E-state index contributed by atoms with van der Waals surface area (Å²) in [7, 11) is 0. The van der Waals surface area contributed by atoms with Gasteiger partial charge in [0.15, 0.2) is 11.6 Å². The summed E-state index contributed by atoms with van der Waals surface area (Å²) in [6, 6.07) is 17.1. The summed E-state index contributed by atoms with van der Waals surface area (Å²) in [4.78, 5) is 4.89. The van der Waals surface area contributed by atoms with Gasteiger partial charge in [-0.3, -0.25) is 0 Å². The van der Waals surface area contributed by atoms with Crippen LogP contribution in [0.2, 0.25) is 0 Å². The number of aryl methyl sites for hydroxylation is 1. The fourth-order valence-corrected chi connectivity index (χ4v) is 3.86. The summed E-state index contributed by atoms with van der Waals surface area (Å²) >= 11 is 0. The number of hydrogen-bond donors (Lipinski definition) is 1. The van der Waals surface area contributed by atoms with Crippen molar-refractivity contribution in [3.63, 3.8) is 0 Å². The number of aromatic nitrogens is 7. The van der Waals surface area contributed by atoms with E-state index in [0.717, 1.165) is 43.0 Å². The number of aromatic amines is 1. The first-order chi connectivity index (χ1) is 15.8. The van der Waals surface area contributed by atoms with Crippen molar-refractivity contribution in [2.45, 2.75) is 65.8 Å². The molecule has 0 unspecified atom stereocenters. The van der Waals surface area contributed by atoms with Gasteiger partial charge in [0, 0.05) is 17.4 Å². The molecular formula is C26H33N7. The molecule has 0 saturated carbocycles. The van der Waals surface area contributed by atoms with Crippen LogP contribution in [0.3, 0.4) is 0 Å². The standard InChI is InChI=1S/C26H33N7/c1-18(2)9-14-23-27-25(26(3,4)5)33(30-23)17-20-12-10-19(11-13-20)15-21-7-6-8-22(16-21)24-28-31-32-29-24/h6-8,10-13,16,18H,9,14-15,17H2,1-5H3,(H,28,29,31,32). The Labute approximate surface area is 195 Å². The first kappa shape index (κ1) is 22.8. The topological polar surface area (TPSA) is 85.2 Å². The molecule has 0 amide bonds. The highest BCUT2D eigenvalue weighted by molar-refractivity contribution is 5.55. The first-order valence-electron chi connectivity index (χ1n) is 11.6. The summed E-state index contributed by atoms with van der Waals surface area (Å²) in [6.07, 6.45) is 2.89. The molecule has 0 aliphatic rings. The maximum absolute atomic E-state index is 4.89. The van der Waals surface area contributed by atoms with E-state index in [1.165, 1.54) is 16.7 Å². The fraction of sp³-hybridized carbons (Fsp3) is 0.423. The molecule has 2 heterocycles. The van der Waals surface area contributed by atoms with Gasteiger partial charge in [-0.2, -0.15) is 5.10 Å². The van der Waals surface area contributed by atoms with Crippen LogP contribution in [-0.2, 0) is 24.8 Å². The van der Waals surface area contributed by atoms with Crippen LogP contribution in [-0.4, -0.2) is 35.4 Å². The quantitative estimate of drug-likeness (QED) is 0.415. The third kappa shape index (κ3) is 5.92. The van der Waals surface area contributed by atoms with Gasteiger partial charge in [-0.15, -0.1) is 5.10 Å². The highest BCUT2D eigenvalue weighted by atomic mass is 15.5. The largest absolute Gasteiger partial charge is 0.245 e. The average Bonchev–Trinajstić information content (AvgIpc) is 3.44. The predicted molar refractivity (Wildman–Crippen MR) is 130 cm³/mol. The van der Waals surface area contributed by atoms with Gasteiger partial charge in [-0.1, -0.05) is 77.1 Å². The van der Waals surface area contributed by atoms with Crippen LogP contribution in [0.4, 0.5) is 0 Å². The van der Waals surface area contributed by atoms with E-state index in [1.54, 1.807) is 0 Å². The number of tetrazole rings is 1. The zero-order valence-electron chi connectivity index (χ0n) is 20.2. The van der Waals surface area contributed by atoms with Crippen LogP contribution in [0.5, 0.6) is 0 Å². The Kier molecular flexibility index (Phi) is 6.67. The van der Waals surface area contributed by atoms with E-state index in [9.17, 15) is 0 Å². The SMILES string of the molecule is CC(C)CCc1nc(C(C)(C)C)n(Cc2ccc(Cc3cccc(-c4nnn[nH]4)c3)cc2)n1. The van der Waals surface area contributed by atoms with Crippen molar-refractivity contribution < 1.29 is 0 Å². The molecule has 0 spiro atoms. The number of benzene rings is 2. The number of hydrogen-bond acceptors (Lipinski definition) is 5. The van der Waals surface area contributed by atoms with Crippen LogP contribution in [0.1, 0.15) is 69.4 Å². The Balaban J connectivity index is 1.47. The molecular weight excluding hydrogens is 410 g/mol. The third-order valence-electron chi connectivity index (χ3n) is 5.64. The zero-order valence-corrected chi connectivity index (χ0v) is 20.2. The summed E-state index contributed by atoms with van der Waals surface area (Å²) in [5.74, 6) is 3.33. The Morgan fingerprint density at radius 2 is 1.73 bits per heavy atom. The van der Waals surface area contributed by atoms with Crippen LogP contribution in [0.25, 0.3) is 11.4 Å². The molecule has 0 radical (unpaired) electrons. The lowest BCUT2D eigenvalue weighted by Gasteiger charge is -2.18. The van der Waals surface area contributed by atoms with E-state index in [-0.39, 0.29) is 5.41 Å². The predicted octanol–water partition coefficient (Wildman–Crippen LogP) is 4.98. The molecule has 0 bridgehead atoms. The van der Waals surface area contributed by atoms with Crippen molar-refractivity contribution in [3.8, 4) is 11.4 Å². The minimum absolute atomic E-state index is 0.0485. The van der Waals surface area contributed by atoms with Crippen molar-refractivity contribution >= 4 is 0 Å². The summed E-state index contributed by atoms with van der Waals surface area (Å²) in [5, 5.41) is 19.0. The second-order valence-electron chi connectivity index (χ2n) is 10.1.